The summed E-state index contributed by atoms with van der Waals surface area (Å²) in [5, 5.41) is 3.41. The van der Waals surface area contributed by atoms with Gasteiger partial charge in [0.1, 0.15) is 24.5 Å². The number of fused-ring (bicyclic) bond motifs is 2. The number of ether oxygens (including phenoxy) is 2. The van der Waals surface area contributed by atoms with Gasteiger partial charge in [0, 0.05) is 17.7 Å². The largest absolute Gasteiger partial charge is 0.486 e. The lowest BCUT2D eigenvalue weighted by molar-refractivity contribution is 0.171. The molecule has 2 aromatic heterocycles. The standard InChI is InChI=1S/C26H22FN5O2/c1-28-20-4-2-17(10-19(20)27)24-25(18-3-5-22-23(11-18)34-9-8-33-22)30-13-21-26(24)31-15-32(21)14-16-6-7-29-12-16/h2-5,10-11,13,15-16,29H,6-9,12,14H2/t16-/m0/s1. The summed E-state index contributed by atoms with van der Waals surface area (Å²) in [6, 6.07) is 10.4. The Balaban J connectivity index is 1.53. The van der Waals surface area contributed by atoms with E-state index in [-0.39, 0.29) is 5.69 Å². The number of pyridine rings is 1. The number of rotatable bonds is 4. The van der Waals surface area contributed by atoms with Gasteiger partial charge in [-0.3, -0.25) is 4.98 Å². The van der Waals surface area contributed by atoms with Gasteiger partial charge in [0.05, 0.1) is 30.3 Å². The van der Waals surface area contributed by atoms with E-state index in [9.17, 15) is 4.39 Å². The third-order valence-electron chi connectivity index (χ3n) is 6.46. The van der Waals surface area contributed by atoms with Gasteiger partial charge < -0.3 is 19.4 Å². The predicted molar refractivity (Wildman–Crippen MR) is 127 cm³/mol. The first kappa shape index (κ1) is 20.6. The van der Waals surface area contributed by atoms with Crippen molar-refractivity contribution in [3.63, 3.8) is 0 Å². The summed E-state index contributed by atoms with van der Waals surface area (Å²) in [4.78, 5) is 12.8. The molecule has 0 saturated carbocycles. The fourth-order valence-electron chi connectivity index (χ4n) is 4.75. The van der Waals surface area contributed by atoms with Gasteiger partial charge in [0.25, 0.3) is 0 Å². The number of benzene rings is 2. The van der Waals surface area contributed by atoms with Crippen LogP contribution in [0.15, 0.2) is 48.9 Å². The zero-order valence-corrected chi connectivity index (χ0v) is 18.4. The molecule has 170 valence electrons. The summed E-state index contributed by atoms with van der Waals surface area (Å²) in [5.74, 6) is 1.33. The summed E-state index contributed by atoms with van der Waals surface area (Å²) in [5.41, 5.74) is 4.49. The molecule has 1 saturated heterocycles. The van der Waals surface area contributed by atoms with Crippen molar-refractivity contribution < 1.29 is 13.9 Å². The highest BCUT2D eigenvalue weighted by molar-refractivity contribution is 5.99. The van der Waals surface area contributed by atoms with Gasteiger partial charge in [0.2, 0.25) is 5.69 Å². The molecule has 0 aliphatic carbocycles. The fourth-order valence-corrected chi connectivity index (χ4v) is 4.75. The van der Waals surface area contributed by atoms with Crippen LogP contribution in [0.25, 0.3) is 38.3 Å². The topological polar surface area (TPSA) is 65.6 Å². The maximum Gasteiger partial charge on any atom is 0.222 e. The molecule has 1 atom stereocenters. The van der Waals surface area contributed by atoms with E-state index in [4.69, 9.17) is 26.0 Å². The van der Waals surface area contributed by atoms with E-state index in [0.717, 1.165) is 48.2 Å². The van der Waals surface area contributed by atoms with Gasteiger partial charge in [-0.2, -0.15) is 0 Å². The summed E-state index contributed by atoms with van der Waals surface area (Å²) in [6.07, 6.45) is 4.80. The maximum atomic E-state index is 14.7. The summed E-state index contributed by atoms with van der Waals surface area (Å²) < 4.78 is 28.2. The van der Waals surface area contributed by atoms with Gasteiger partial charge in [-0.25, -0.2) is 14.2 Å². The molecule has 1 N–H and O–H groups in total. The minimum absolute atomic E-state index is 0.0102. The summed E-state index contributed by atoms with van der Waals surface area (Å²) in [7, 11) is 0. The van der Waals surface area contributed by atoms with Crippen LogP contribution in [0.3, 0.4) is 0 Å². The second-order valence-corrected chi connectivity index (χ2v) is 8.61. The van der Waals surface area contributed by atoms with Crippen molar-refractivity contribution in [3.05, 3.63) is 66.2 Å². The quantitative estimate of drug-likeness (QED) is 0.447. The Bertz CT molecular complexity index is 1440. The molecule has 2 aliphatic heterocycles. The van der Waals surface area contributed by atoms with Crippen LogP contribution < -0.4 is 14.8 Å². The first-order valence-corrected chi connectivity index (χ1v) is 11.3. The zero-order valence-electron chi connectivity index (χ0n) is 18.4. The highest BCUT2D eigenvalue weighted by Gasteiger charge is 2.22. The van der Waals surface area contributed by atoms with Crippen molar-refractivity contribution in [2.75, 3.05) is 26.3 Å². The molecule has 2 aromatic carbocycles. The molecule has 4 heterocycles. The SMILES string of the molecule is [C-]#[N+]c1ccc(-c2c(-c3ccc4c(c3)OCCO4)ncc3c2ncn3C[C@H]2CCNC2)cc1F. The Labute approximate surface area is 196 Å². The molecule has 7 nitrogen and oxygen atoms in total. The fraction of sp³-hybridized carbons (Fsp3) is 0.269. The lowest BCUT2D eigenvalue weighted by Crippen LogP contribution is -2.15. The van der Waals surface area contributed by atoms with Crippen molar-refractivity contribution in [1.29, 1.82) is 0 Å². The van der Waals surface area contributed by atoms with Gasteiger partial charge in [-0.1, -0.05) is 12.1 Å². The molecule has 8 heteroatoms. The van der Waals surface area contributed by atoms with Crippen LogP contribution in [-0.4, -0.2) is 40.8 Å². The molecule has 0 amide bonds. The van der Waals surface area contributed by atoms with E-state index in [1.165, 1.54) is 12.1 Å². The van der Waals surface area contributed by atoms with Crippen LogP contribution in [0.4, 0.5) is 10.1 Å². The Kier molecular flexibility index (Phi) is 5.12. The smallest absolute Gasteiger partial charge is 0.222 e. The second-order valence-electron chi connectivity index (χ2n) is 8.61. The van der Waals surface area contributed by atoms with E-state index >= 15 is 0 Å². The second kappa shape index (κ2) is 8.43. The van der Waals surface area contributed by atoms with Crippen LogP contribution >= 0.6 is 0 Å². The van der Waals surface area contributed by atoms with Gasteiger partial charge >= 0.3 is 0 Å². The average Bonchev–Trinajstić information content (AvgIpc) is 3.53. The van der Waals surface area contributed by atoms with Crippen molar-refractivity contribution in [3.8, 4) is 33.9 Å². The molecule has 0 unspecified atom stereocenters. The Morgan fingerprint density at radius 2 is 1.94 bits per heavy atom. The Hall–Kier alpha value is -3.96. The molecule has 0 spiro atoms. The Morgan fingerprint density at radius 3 is 2.74 bits per heavy atom. The highest BCUT2D eigenvalue weighted by Crippen LogP contribution is 2.40. The van der Waals surface area contributed by atoms with Crippen LogP contribution in [0, 0.1) is 18.3 Å². The van der Waals surface area contributed by atoms with E-state index < -0.39 is 5.82 Å². The Morgan fingerprint density at radius 1 is 1.09 bits per heavy atom. The van der Waals surface area contributed by atoms with E-state index in [0.29, 0.717) is 41.9 Å². The van der Waals surface area contributed by atoms with Crippen molar-refractivity contribution in [2.45, 2.75) is 13.0 Å². The molecule has 4 aromatic rings. The monoisotopic (exact) mass is 455 g/mol. The lowest BCUT2D eigenvalue weighted by Gasteiger charge is -2.19. The van der Waals surface area contributed by atoms with Gasteiger partial charge in [0.15, 0.2) is 11.5 Å². The number of imidazole rings is 1. The summed E-state index contributed by atoms with van der Waals surface area (Å²) >= 11 is 0. The maximum absolute atomic E-state index is 14.7. The van der Waals surface area contributed by atoms with Crippen molar-refractivity contribution in [1.82, 2.24) is 19.9 Å². The number of hydrogen-bond donors (Lipinski definition) is 1. The molecule has 2 aliphatic rings. The number of aromatic nitrogens is 3. The number of hydrogen-bond acceptors (Lipinski definition) is 5. The normalized spacial score (nSPS) is 17.1. The molecular formula is C26H22FN5O2. The van der Waals surface area contributed by atoms with E-state index in [1.807, 2.05) is 30.7 Å². The van der Waals surface area contributed by atoms with E-state index in [2.05, 4.69) is 14.7 Å². The van der Waals surface area contributed by atoms with Crippen molar-refractivity contribution in [2.24, 2.45) is 5.92 Å². The molecule has 0 radical (unpaired) electrons. The minimum atomic E-state index is -0.561. The molecular weight excluding hydrogens is 433 g/mol. The zero-order chi connectivity index (χ0) is 23.1. The van der Waals surface area contributed by atoms with Crippen LogP contribution in [0.2, 0.25) is 0 Å². The lowest BCUT2D eigenvalue weighted by atomic mass is 9.97. The van der Waals surface area contributed by atoms with Crippen molar-refractivity contribution >= 4 is 16.7 Å². The van der Waals surface area contributed by atoms with Crippen LogP contribution in [-0.2, 0) is 6.54 Å². The highest BCUT2D eigenvalue weighted by atomic mass is 19.1. The molecule has 6 rings (SSSR count). The number of nitrogens with one attached hydrogen (secondary N) is 1. The number of nitrogens with zero attached hydrogens (tertiary/aromatic N) is 4. The first-order chi connectivity index (χ1) is 16.7. The van der Waals surface area contributed by atoms with Gasteiger partial charge in [-0.05, 0) is 55.3 Å². The summed E-state index contributed by atoms with van der Waals surface area (Å²) in [6.45, 7) is 11.1. The third kappa shape index (κ3) is 3.55. The predicted octanol–water partition coefficient (Wildman–Crippen LogP) is 4.84. The number of halogens is 1. The molecule has 0 bridgehead atoms. The molecule has 1 fully saturated rings. The average molecular weight is 455 g/mol. The van der Waals surface area contributed by atoms with Crippen LogP contribution in [0.1, 0.15) is 6.42 Å². The first-order valence-electron chi connectivity index (χ1n) is 11.3. The molecule has 34 heavy (non-hydrogen) atoms. The third-order valence-corrected chi connectivity index (χ3v) is 6.46. The minimum Gasteiger partial charge on any atom is -0.486 e. The van der Waals surface area contributed by atoms with Gasteiger partial charge in [-0.15, -0.1) is 0 Å². The van der Waals surface area contributed by atoms with Crippen LogP contribution in [0.5, 0.6) is 11.5 Å². The van der Waals surface area contributed by atoms with E-state index in [1.54, 1.807) is 6.07 Å².